The fourth-order valence-corrected chi connectivity index (χ4v) is 3.07. The van der Waals surface area contributed by atoms with Gasteiger partial charge in [-0.05, 0) is 25.0 Å². The number of carbonyl (C=O) groups excluding carboxylic acids is 1. The number of hydrogen-bond acceptors (Lipinski definition) is 4. The van der Waals surface area contributed by atoms with E-state index in [0.717, 1.165) is 49.0 Å². The van der Waals surface area contributed by atoms with Gasteiger partial charge in [0.15, 0.2) is 0 Å². The van der Waals surface area contributed by atoms with E-state index in [2.05, 4.69) is 46.5 Å². The average Bonchev–Trinajstić information content (AvgIpc) is 2.96. The normalized spacial score (nSPS) is 21.4. The van der Waals surface area contributed by atoms with E-state index in [9.17, 15) is 4.79 Å². The minimum Gasteiger partial charge on any atom is -0.356 e. The van der Waals surface area contributed by atoms with Crippen LogP contribution in [0.5, 0.6) is 0 Å². The fourth-order valence-electron chi connectivity index (χ4n) is 2.54. The number of hydrogen-bond donors (Lipinski definition) is 2. The molecule has 21 heavy (non-hydrogen) atoms. The topological polar surface area (TPSA) is 70.7 Å². The highest BCUT2D eigenvalue weighted by atomic mass is 32.2. The van der Waals surface area contributed by atoms with Gasteiger partial charge in [-0.1, -0.05) is 44.2 Å². The van der Waals surface area contributed by atoms with Gasteiger partial charge in [-0.25, -0.2) is 4.98 Å². The minimum absolute atomic E-state index is 0.0423. The Bertz CT molecular complexity index is 486. The summed E-state index contributed by atoms with van der Waals surface area (Å²) in [6.07, 6.45) is 7.97. The third-order valence-electron chi connectivity index (χ3n) is 3.71. The number of aromatic nitrogens is 3. The van der Waals surface area contributed by atoms with E-state index in [-0.39, 0.29) is 17.7 Å². The van der Waals surface area contributed by atoms with Crippen LogP contribution in [0.2, 0.25) is 0 Å². The van der Waals surface area contributed by atoms with Gasteiger partial charge in [0.05, 0.1) is 5.92 Å². The summed E-state index contributed by atoms with van der Waals surface area (Å²) >= 11 is 1.61. The highest BCUT2D eigenvalue weighted by molar-refractivity contribution is 7.99. The number of nitrogens with zero attached hydrogens (tertiary/aromatic N) is 2. The third kappa shape index (κ3) is 4.33. The van der Waals surface area contributed by atoms with Crippen LogP contribution >= 0.6 is 11.8 Å². The first kappa shape index (κ1) is 16.1. The Kier molecular flexibility index (Phi) is 6.29. The van der Waals surface area contributed by atoms with Crippen molar-refractivity contribution in [3.8, 4) is 0 Å². The molecule has 2 atom stereocenters. The maximum absolute atomic E-state index is 12.4. The van der Waals surface area contributed by atoms with E-state index >= 15 is 0 Å². The van der Waals surface area contributed by atoms with Gasteiger partial charge in [-0.2, -0.15) is 0 Å². The molecule has 2 rings (SSSR count). The average molecular weight is 308 g/mol. The molecule has 2 N–H and O–H groups in total. The number of unbranched alkanes of at least 4 members (excludes halogenated alkanes) is 1. The van der Waals surface area contributed by atoms with Crippen molar-refractivity contribution in [2.24, 2.45) is 5.92 Å². The van der Waals surface area contributed by atoms with Crippen molar-refractivity contribution in [3.05, 3.63) is 18.0 Å². The first-order chi connectivity index (χ1) is 10.3. The van der Waals surface area contributed by atoms with E-state index in [1.807, 2.05) is 0 Å². The van der Waals surface area contributed by atoms with E-state index < -0.39 is 0 Å². The molecule has 1 aliphatic rings. The second-order valence-electron chi connectivity index (χ2n) is 5.24. The monoisotopic (exact) mass is 308 g/mol. The Morgan fingerprint density at radius 1 is 1.43 bits per heavy atom. The summed E-state index contributed by atoms with van der Waals surface area (Å²) in [5.74, 6) is 1.99. The molecule has 0 bridgehead atoms. The van der Waals surface area contributed by atoms with Crippen molar-refractivity contribution in [2.45, 2.75) is 50.6 Å². The SMILES string of the molecule is CCCCNC(=O)C1CC=CCC1c1nc(SCC)n[nH]1. The van der Waals surface area contributed by atoms with Crippen molar-refractivity contribution in [1.82, 2.24) is 20.5 Å². The third-order valence-corrected chi connectivity index (χ3v) is 4.44. The standard InChI is InChI=1S/C15H24N4OS/c1-3-5-10-16-14(20)12-9-7-6-8-11(12)13-17-15(19-18-13)21-4-2/h6-7,11-12H,3-5,8-10H2,1-2H3,(H,16,20)(H,17,18,19). The zero-order valence-corrected chi connectivity index (χ0v) is 13.6. The Balaban J connectivity index is 2.04. The first-order valence-corrected chi connectivity index (χ1v) is 8.72. The summed E-state index contributed by atoms with van der Waals surface area (Å²) in [4.78, 5) is 16.9. The summed E-state index contributed by atoms with van der Waals surface area (Å²) in [6.45, 7) is 4.96. The number of carbonyl (C=O) groups is 1. The second kappa shape index (κ2) is 8.22. The van der Waals surface area contributed by atoms with Gasteiger partial charge >= 0.3 is 0 Å². The van der Waals surface area contributed by atoms with Crippen LogP contribution < -0.4 is 5.32 Å². The van der Waals surface area contributed by atoms with E-state index in [1.165, 1.54) is 0 Å². The largest absolute Gasteiger partial charge is 0.356 e. The predicted octanol–water partition coefficient (Wildman–Crippen LogP) is 2.88. The molecule has 6 heteroatoms. The number of amides is 1. The Labute approximate surface area is 130 Å². The van der Waals surface area contributed by atoms with Crippen LogP contribution in [0, 0.1) is 5.92 Å². The molecule has 2 unspecified atom stereocenters. The highest BCUT2D eigenvalue weighted by Gasteiger charge is 2.32. The van der Waals surface area contributed by atoms with Crippen LogP contribution in [-0.4, -0.2) is 33.4 Å². The lowest BCUT2D eigenvalue weighted by Crippen LogP contribution is -2.35. The smallest absolute Gasteiger partial charge is 0.224 e. The summed E-state index contributed by atoms with van der Waals surface area (Å²) in [7, 11) is 0. The van der Waals surface area contributed by atoms with Crippen LogP contribution in [0.25, 0.3) is 0 Å². The maximum atomic E-state index is 12.4. The molecule has 0 aliphatic heterocycles. The molecule has 0 saturated carbocycles. The predicted molar refractivity (Wildman–Crippen MR) is 85.3 cm³/mol. The van der Waals surface area contributed by atoms with Gasteiger partial charge in [0.1, 0.15) is 5.82 Å². The molecular weight excluding hydrogens is 284 g/mol. The van der Waals surface area contributed by atoms with Crippen LogP contribution in [0.15, 0.2) is 17.3 Å². The fraction of sp³-hybridized carbons (Fsp3) is 0.667. The molecule has 0 radical (unpaired) electrons. The number of aromatic amines is 1. The molecule has 1 aliphatic carbocycles. The van der Waals surface area contributed by atoms with E-state index in [1.54, 1.807) is 11.8 Å². The maximum Gasteiger partial charge on any atom is 0.224 e. The Morgan fingerprint density at radius 2 is 2.24 bits per heavy atom. The van der Waals surface area contributed by atoms with Crippen LogP contribution in [-0.2, 0) is 4.79 Å². The van der Waals surface area contributed by atoms with Crippen molar-refractivity contribution in [2.75, 3.05) is 12.3 Å². The van der Waals surface area contributed by atoms with Crippen molar-refractivity contribution < 1.29 is 4.79 Å². The molecule has 1 aromatic heterocycles. The Morgan fingerprint density at radius 3 is 3.00 bits per heavy atom. The number of nitrogens with one attached hydrogen (secondary N) is 2. The summed E-state index contributed by atoms with van der Waals surface area (Å²) < 4.78 is 0. The van der Waals surface area contributed by atoms with Crippen LogP contribution in [0.3, 0.4) is 0 Å². The quantitative estimate of drug-likeness (QED) is 0.461. The zero-order valence-electron chi connectivity index (χ0n) is 12.8. The minimum atomic E-state index is -0.0423. The van der Waals surface area contributed by atoms with Crippen LogP contribution in [0.1, 0.15) is 51.3 Å². The molecule has 1 aromatic rings. The molecule has 0 aromatic carbocycles. The lowest BCUT2D eigenvalue weighted by atomic mass is 9.82. The summed E-state index contributed by atoms with van der Waals surface area (Å²) in [5, 5.41) is 11.1. The summed E-state index contributed by atoms with van der Waals surface area (Å²) in [6, 6.07) is 0. The van der Waals surface area contributed by atoms with Gasteiger partial charge in [0.2, 0.25) is 11.1 Å². The number of allylic oxidation sites excluding steroid dienone is 2. The molecule has 5 nitrogen and oxygen atoms in total. The van der Waals surface area contributed by atoms with Gasteiger partial charge in [0, 0.05) is 12.5 Å². The van der Waals surface area contributed by atoms with E-state index in [4.69, 9.17) is 0 Å². The molecule has 1 amide bonds. The number of H-pyrrole nitrogens is 1. The summed E-state index contributed by atoms with van der Waals surface area (Å²) in [5.41, 5.74) is 0. The molecule has 0 saturated heterocycles. The number of thioether (sulfide) groups is 1. The first-order valence-electron chi connectivity index (χ1n) is 7.74. The van der Waals surface area contributed by atoms with Crippen molar-refractivity contribution in [3.63, 3.8) is 0 Å². The molecule has 1 heterocycles. The lowest BCUT2D eigenvalue weighted by Gasteiger charge is -2.25. The second-order valence-corrected chi connectivity index (χ2v) is 6.47. The molecule has 116 valence electrons. The Hall–Kier alpha value is -1.30. The molecule has 0 fully saturated rings. The van der Waals surface area contributed by atoms with Gasteiger partial charge in [-0.3, -0.25) is 9.89 Å². The zero-order chi connectivity index (χ0) is 15.1. The van der Waals surface area contributed by atoms with Crippen LogP contribution in [0.4, 0.5) is 0 Å². The van der Waals surface area contributed by atoms with Crippen molar-refractivity contribution >= 4 is 17.7 Å². The van der Waals surface area contributed by atoms with Gasteiger partial charge < -0.3 is 5.32 Å². The van der Waals surface area contributed by atoms with Crippen molar-refractivity contribution in [1.29, 1.82) is 0 Å². The van der Waals surface area contributed by atoms with Gasteiger partial charge in [-0.15, -0.1) is 5.10 Å². The molecular formula is C15H24N4OS. The van der Waals surface area contributed by atoms with Gasteiger partial charge in [0.25, 0.3) is 0 Å². The highest BCUT2D eigenvalue weighted by Crippen LogP contribution is 2.33. The molecule has 0 spiro atoms. The number of rotatable bonds is 7. The van der Waals surface area contributed by atoms with E-state index in [0.29, 0.717) is 0 Å². The lowest BCUT2D eigenvalue weighted by molar-refractivity contribution is -0.125.